The monoisotopic (exact) mass is 367 g/mol. The molecule has 3 N–H and O–H groups in total. The maximum absolute atomic E-state index is 6.09. The van der Waals surface area contributed by atoms with E-state index in [1.165, 1.54) is 5.56 Å². The zero-order valence-corrected chi connectivity index (χ0v) is 15.4. The topological polar surface area (TPSA) is 68.2 Å². The van der Waals surface area contributed by atoms with Crippen LogP contribution in [0, 0.1) is 0 Å². The molecule has 6 heteroatoms. The summed E-state index contributed by atoms with van der Waals surface area (Å²) in [6.07, 6.45) is 4.65. The van der Waals surface area contributed by atoms with Crippen LogP contribution in [0.15, 0.2) is 72.0 Å². The molecule has 1 unspecified atom stereocenters. The SMILES string of the molecule is CCc1cccc(NC(N)=NCC(c2ccc(Cl)cc2)n2cccn2)c1. The summed E-state index contributed by atoms with van der Waals surface area (Å²) in [5.41, 5.74) is 9.35. The summed E-state index contributed by atoms with van der Waals surface area (Å²) < 4.78 is 1.87. The van der Waals surface area contributed by atoms with Crippen molar-refractivity contribution in [2.75, 3.05) is 11.9 Å². The Hall–Kier alpha value is -2.79. The molecule has 0 bridgehead atoms. The maximum atomic E-state index is 6.09. The van der Waals surface area contributed by atoms with Gasteiger partial charge in [0.2, 0.25) is 0 Å². The molecule has 3 rings (SSSR count). The summed E-state index contributed by atoms with van der Waals surface area (Å²) in [5.74, 6) is 0.379. The molecule has 0 saturated heterocycles. The Morgan fingerprint density at radius 3 is 2.73 bits per heavy atom. The summed E-state index contributed by atoms with van der Waals surface area (Å²) in [6, 6.07) is 17.7. The molecule has 0 aliphatic carbocycles. The van der Waals surface area contributed by atoms with Gasteiger partial charge >= 0.3 is 0 Å². The highest BCUT2D eigenvalue weighted by Gasteiger charge is 2.14. The van der Waals surface area contributed by atoms with Gasteiger partial charge in [-0.2, -0.15) is 5.10 Å². The number of aryl methyl sites for hydroxylation is 1. The van der Waals surface area contributed by atoms with E-state index in [1.54, 1.807) is 6.20 Å². The van der Waals surface area contributed by atoms with E-state index in [0.717, 1.165) is 17.7 Å². The van der Waals surface area contributed by atoms with Crippen LogP contribution < -0.4 is 11.1 Å². The third kappa shape index (κ3) is 4.64. The molecule has 0 aliphatic heterocycles. The van der Waals surface area contributed by atoms with Crippen molar-refractivity contribution in [1.29, 1.82) is 0 Å². The molecule has 1 aromatic heterocycles. The first-order chi connectivity index (χ1) is 12.7. The van der Waals surface area contributed by atoms with E-state index in [0.29, 0.717) is 17.5 Å². The summed E-state index contributed by atoms with van der Waals surface area (Å²) in [5, 5.41) is 8.21. The number of hydrogen-bond donors (Lipinski definition) is 2. The molecule has 5 nitrogen and oxygen atoms in total. The standard InChI is InChI=1S/C20H22ClN5/c1-2-15-5-3-6-18(13-15)25-20(22)23-14-19(26-12-4-11-24-26)16-7-9-17(21)10-8-16/h3-13,19H,2,14H2,1H3,(H3,22,23,25). The molecular weight excluding hydrogens is 346 g/mol. The highest BCUT2D eigenvalue weighted by molar-refractivity contribution is 6.30. The van der Waals surface area contributed by atoms with Gasteiger partial charge in [0.15, 0.2) is 5.96 Å². The van der Waals surface area contributed by atoms with Gasteiger partial charge in [-0.15, -0.1) is 0 Å². The van der Waals surface area contributed by atoms with Gasteiger partial charge in [-0.3, -0.25) is 9.67 Å². The molecule has 1 atom stereocenters. The minimum absolute atomic E-state index is 0.0513. The Labute approximate surface area is 158 Å². The van der Waals surface area contributed by atoms with E-state index in [4.69, 9.17) is 17.3 Å². The zero-order valence-electron chi connectivity index (χ0n) is 14.6. The quantitative estimate of drug-likeness (QED) is 0.508. The van der Waals surface area contributed by atoms with Crippen LogP contribution in [0.1, 0.15) is 24.1 Å². The molecular formula is C20H22ClN5. The van der Waals surface area contributed by atoms with Crippen LogP contribution in [0.3, 0.4) is 0 Å². The third-order valence-electron chi connectivity index (χ3n) is 4.14. The number of aromatic nitrogens is 2. The average molecular weight is 368 g/mol. The fourth-order valence-electron chi connectivity index (χ4n) is 2.73. The Bertz CT molecular complexity index is 856. The fourth-order valence-corrected chi connectivity index (χ4v) is 2.86. The van der Waals surface area contributed by atoms with Crippen molar-refractivity contribution in [2.45, 2.75) is 19.4 Å². The van der Waals surface area contributed by atoms with Crippen LogP contribution in [-0.4, -0.2) is 22.3 Å². The fraction of sp³-hybridized carbons (Fsp3) is 0.200. The van der Waals surface area contributed by atoms with E-state index in [1.807, 2.05) is 53.3 Å². The lowest BCUT2D eigenvalue weighted by atomic mass is 10.1. The highest BCUT2D eigenvalue weighted by Crippen LogP contribution is 2.20. The van der Waals surface area contributed by atoms with E-state index in [2.05, 4.69) is 34.5 Å². The Morgan fingerprint density at radius 2 is 2.04 bits per heavy atom. The van der Waals surface area contributed by atoms with Crippen LogP contribution in [0.4, 0.5) is 5.69 Å². The predicted molar refractivity (Wildman–Crippen MR) is 108 cm³/mol. The number of guanidine groups is 1. The second kappa shape index (κ2) is 8.54. The molecule has 2 aromatic carbocycles. The molecule has 0 spiro atoms. The van der Waals surface area contributed by atoms with Gasteiger partial charge < -0.3 is 11.1 Å². The van der Waals surface area contributed by atoms with Crippen LogP contribution in [0.2, 0.25) is 5.02 Å². The van der Waals surface area contributed by atoms with Crippen LogP contribution in [-0.2, 0) is 6.42 Å². The summed E-state index contributed by atoms with van der Waals surface area (Å²) in [7, 11) is 0. The van der Waals surface area contributed by atoms with Crippen LogP contribution in [0.5, 0.6) is 0 Å². The van der Waals surface area contributed by atoms with E-state index in [9.17, 15) is 0 Å². The van der Waals surface area contributed by atoms with Crippen LogP contribution in [0.25, 0.3) is 0 Å². The van der Waals surface area contributed by atoms with Gasteiger partial charge in [-0.05, 0) is 47.9 Å². The lowest BCUT2D eigenvalue weighted by Gasteiger charge is -2.17. The molecule has 3 aromatic rings. The largest absolute Gasteiger partial charge is 0.370 e. The Kier molecular flexibility index (Phi) is 5.92. The molecule has 134 valence electrons. The highest BCUT2D eigenvalue weighted by atomic mass is 35.5. The normalized spacial score (nSPS) is 12.8. The van der Waals surface area contributed by atoms with Crippen molar-refractivity contribution >= 4 is 23.2 Å². The smallest absolute Gasteiger partial charge is 0.193 e. The number of nitrogens with one attached hydrogen (secondary N) is 1. The first kappa shape index (κ1) is 18.0. The zero-order chi connectivity index (χ0) is 18.4. The van der Waals surface area contributed by atoms with Crippen molar-refractivity contribution in [3.8, 4) is 0 Å². The first-order valence-corrected chi connectivity index (χ1v) is 8.94. The van der Waals surface area contributed by atoms with Crippen molar-refractivity contribution in [1.82, 2.24) is 9.78 Å². The molecule has 0 fully saturated rings. The second-order valence-corrected chi connectivity index (χ2v) is 6.39. The molecule has 0 amide bonds. The summed E-state index contributed by atoms with van der Waals surface area (Å²) in [4.78, 5) is 4.52. The van der Waals surface area contributed by atoms with Gasteiger partial charge in [0.25, 0.3) is 0 Å². The van der Waals surface area contributed by atoms with E-state index < -0.39 is 0 Å². The van der Waals surface area contributed by atoms with Crippen LogP contribution >= 0.6 is 11.6 Å². The van der Waals surface area contributed by atoms with Gasteiger partial charge in [-0.1, -0.05) is 42.8 Å². The summed E-state index contributed by atoms with van der Waals surface area (Å²) in [6.45, 7) is 2.59. The number of anilines is 1. The number of aliphatic imine (C=N–C) groups is 1. The number of nitrogens with two attached hydrogens (primary N) is 1. The molecule has 0 aliphatic rings. The van der Waals surface area contributed by atoms with E-state index in [-0.39, 0.29) is 6.04 Å². The summed E-state index contributed by atoms with van der Waals surface area (Å²) >= 11 is 6.00. The number of halogens is 1. The van der Waals surface area contributed by atoms with Crippen molar-refractivity contribution in [2.24, 2.45) is 10.7 Å². The van der Waals surface area contributed by atoms with Gasteiger partial charge in [0.05, 0.1) is 12.6 Å². The molecule has 0 saturated carbocycles. The lowest BCUT2D eigenvalue weighted by Crippen LogP contribution is -2.25. The number of benzene rings is 2. The molecule has 0 radical (unpaired) electrons. The number of hydrogen-bond acceptors (Lipinski definition) is 2. The Morgan fingerprint density at radius 1 is 1.23 bits per heavy atom. The number of nitrogens with zero attached hydrogens (tertiary/aromatic N) is 3. The van der Waals surface area contributed by atoms with Crippen molar-refractivity contribution in [3.05, 3.63) is 83.1 Å². The predicted octanol–water partition coefficient (Wildman–Crippen LogP) is 4.12. The molecule has 1 heterocycles. The number of rotatable bonds is 6. The van der Waals surface area contributed by atoms with Gasteiger partial charge in [-0.25, -0.2) is 0 Å². The van der Waals surface area contributed by atoms with Gasteiger partial charge in [0, 0.05) is 23.1 Å². The lowest BCUT2D eigenvalue weighted by molar-refractivity contribution is 0.533. The third-order valence-corrected chi connectivity index (χ3v) is 4.39. The second-order valence-electron chi connectivity index (χ2n) is 5.96. The van der Waals surface area contributed by atoms with Gasteiger partial charge in [0.1, 0.15) is 0 Å². The minimum atomic E-state index is -0.0513. The van der Waals surface area contributed by atoms with E-state index >= 15 is 0 Å². The molecule has 26 heavy (non-hydrogen) atoms. The maximum Gasteiger partial charge on any atom is 0.193 e. The van der Waals surface area contributed by atoms with Crippen molar-refractivity contribution in [3.63, 3.8) is 0 Å². The first-order valence-electron chi connectivity index (χ1n) is 8.56. The Balaban J connectivity index is 1.76. The average Bonchev–Trinajstić information content (AvgIpc) is 3.18. The minimum Gasteiger partial charge on any atom is -0.370 e. The van der Waals surface area contributed by atoms with Crippen molar-refractivity contribution < 1.29 is 0 Å².